The molecule has 100 valence electrons. The lowest BCUT2D eigenvalue weighted by molar-refractivity contribution is -0.922. The fourth-order valence-corrected chi connectivity index (χ4v) is 3.23. The van der Waals surface area contributed by atoms with Crippen LogP contribution in [0.15, 0.2) is 16.6 Å². The first-order valence-electron chi connectivity index (χ1n) is 6.49. The summed E-state index contributed by atoms with van der Waals surface area (Å²) in [5.41, 5.74) is 0.963. The molecule has 1 aliphatic heterocycles. The van der Waals surface area contributed by atoms with Crippen LogP contribution in [0.5, 0.6) is 11.5 Å². The highest BCUT2D eigenvalue weighted by molar-refractivity contribution is 9.10. The van der Waals surface area contributed by atoms with Crippen molar-refractivity contribution in [2.75, 3.05) is 20.2 Å². The predicted molar refractivity (Wildman–Crippen MR) is 75.2 cm³/mol. The van der Waals surface area contributed by atoms with Crippen LogP contribution >= 0.6 is 15.9 Å². The minimum absolute atomic E-state index is 0.284. The molecule has 3 nitrogen and oxygen atoms in total. The van der Waals surface area contributed by atoms with Gasteiger partial charge in [-0.2, -0.15) is 0 Å². The second-order valence-electron chi connectivity index (χ2n) is 5.24. The highest BCUT2D eigenvalue weighted by Gasteiger charge is 2.22. The average Bonchev–Trinajstić information content (AvgIpc) is 2.33. The standard InChI is InChI=1S/C14H20BrNO2/c1-10-4-3-5-16(8-10)9-11-6-12(15)7-13(18-2)14(11)17/h6-7,10,17H,3-5,8-9H2,1-2H3/p+1/t10-/m0/s1. The number of nitrogens with one attached hydrogen (secondary N) is 1. The number of methoxy groups -OCH3 is 1. The molecule has 1 aliphatic rings. The second kappa shape index (κ2) is 5.93. The summed E-state index contributed by atoms with van der Waals surface area (Å²) in [6, 6.07) is 3.79. The molecule has 1 heterocycles. The van der Waals surface area contributed by atoms with E-state index in [9.17, 15) is 5.11 Å². The average molecular weight is 315 g/mol. The van der Waals surface area contributed by atoms with Crippen LogP contribution in [0.25, 0.3) is 0 Å². The molecule has 1 aromatic carbocycles. The fourth-order valence-electron chi connectivity index (χ4n) is 2.75. The van der Waals surface area contributed by atoms with Crippen molar-refractivity contribution in [1.29, 1.82) is 0 Å². The maximum Gasteiger partial charge on any atom is 0.166 e. The lowest BCUT2D eigenvalue weighted by Gasteiger charge is -2.28. The van der Waals surface area contributed by atoms with E-state index in [0.717, 1.165) is 22.5 Å². The summed E-state index contributed by atoms with van der Waals surface area (Å²) in [7, 11) is 1.58. The lowest BCUT2D eigenvalue weighted by atomic mass is 9.99. The van der Waals surface area contributed by atoms with Gasteiger partial charge < -0.3 is 14.7 Å². The van der Waals surface area contributed by atoms with E-state index in [1.807, 2.05) is 6.07 Å². The number of quaternary nitrogens is 1. The zero-order valence-corrected chi connectivity index (χ0v) is 12.6. The monoisotopic (exact) mass is 314 g/mol. The molecule has 1 unspecified atom stereocenters. The third-order valence-corrected chi connectivity index (χ3v) is 4.10. The number of phenols is 1. The molecule has 1 aromatic rings. The molecular formula is C14H21BrNO2+. The number of hydrogen-bond donors (Lipinski definition) is 2. The van der Waals surface area contributed by atoms with Gasteiger partial charge in [-0.05, 0) is 25.0 Å². The maximum absolute atomic E-state index is 10.2. The highest BCUT2D eigenvalue weighted by atomic mass is 79.9. The Kier molecular flexibility index (Phi) is 4.51. The van der Waals surface area contributed by atoms with Crippen molar-refractivity contribution in [2.24, 2.45) is 5.92 Å². The molecule has 1 saturated heterocycles. The molecule has 0 amide bonds. The topological polar surface area (TPSA) is 33.9 Å². The third-order valence-electron chi connectivity index (χ3n) is 3.64. The van der Waals surface area contributed by atoms with Crippen LogP contribution < -0.4 is 9.64 Å². The molecule has 0 bridgehead atoms. The van der Waals surface area contributed by atoms with Gasteiger partial charge in [0.05, 0.1) is 25.8 Å². The van der Waals surface area contributed by atoms with Gasteiger partial charge in [0.2, 0.25) is 0 Å². The first-order valence-corrected chi connectivity index (χ1v) is 7.28. The molecule has 2 N–H and O–H groups in total. The van der Waals surface area contributed by atoms with Crippen LogP contribution in [-0.4, -0.2) is 25.3 Å². The number of ether oxygens (including phenoxy) is 1. The predicted octanol–water partition coefficient (Wildman–Crippen LogP) is 1.98. The number of halogens is 1. The smallest absolute Gasteiger partial charge is 0.166 e. The summed E-state index contributed by atoms with van der Waals surface area (Å²) in [4.78, 5) is 1.55. The maximum atomic E-state index is 10.2. The number of phenolic OH excluding ortho intramolecular Hbond substituents is 1. The van der Waals surface area contributed by atoms with E-state index in [0.29, 0.717) is 5.75 Å². The Morgan fingerprint density at radius 1 is 1.50 bits per heavy atom. The van der Waals surface area contributed by atoms with Gasteiger partial charge in [-0.25, -0.2) is 0 Å². The number of piperidine rings is 1. The van der Waals surface area contributed by atoms with Gasteiger partial charge in [0.1, 0.15) is 6.54 Å². The van der Waals surface area contributed by atoms with E-state index in [1.165, 1.54) is 25.9 Å². The van der Waals surface area contributed by atoms with Crippen molar-refractivity contribution in [3.63, 3.8) is 0 Å². The number of likely N-dealkylation sites (tertiary alicyclic amines) is 1. The Hall–Kier alpha value is -0.740. The summed E-state index contributed by atoms with van der Waals surface area (Å²) in [5.74, 6) is 1.61. The number of rotatable bonds is 3. The van der Waals surface area contributed by atoms with Crippen molar-refractivity contribution in [3.05, 3.63) is 22.2 Å². The zero-order valence-electron chi connectivity index (χ0n) is 11.0. The first kappa shape index (κ1) is 13.7. The van der Waals surface area contributed by atoms with Crippen LogP contribution in [0.1, 0.15) is 25.3 Å². The van der Waals surface area contributed by atoms with Crippen LogP contribution in [0.3, 0.4) is 0 Å². The SMILES string of the molecule is COc1cc(Br)cc(C[NH+]2CCC[C@H](C)C2)c1O. The normalized spacial score (nSPS) is 23.9. The van der Waals surface area contributed by atoms with Crippen molar-refractivity contribution in [1.82, 2.24) is 0 Å². The van der Waals surface area contributed by atoms with Gasteiger partial charge in [0.15, 0.2) is 11.5 Å². The molecular weight excluding hydrogens is 294 g/mol. The quantitative estimate of drug-likeness (QED) is 0.894. The van der Waals surface area contributed by atoms with E-state index in [-0.39, 0.29) is 5.75 Å². The van der Waals surface area contributed by atoms with E-state index in [4.69, 9.17) is 4.74 Å². The lowest BCUT2D eigenvalue weighted by Crippen LogP contribution is -3.12. The van der Waals surface area contributed by atoms with E-state index in [2.05, 4.69) is 22.9 Å². The Labute approximate surface area is 117 Å². The van der Waals surface area contributed by atoms with Gasteiger partial charge in [-0.1, -0.05) is 22.9 Å². The molecule has 0 saturated carbocycles. The first-order chi connectivity index (χ1) is 8.60. The fraction of sp³-hybridized carbons (Fsp3) is 0.571. The summed E-state index contributed by atoms with van der Waals surface area (Å²) in [5, 5.41) is 10.2. The van der Waals surface area contributed by atoms with Crippen LogP contribution in [0.4, 0.5) is 0 Å². The molecule has 4 heteroatoms. The van der Waals surface area contributed by atoms with Gasteiger partial charge in [-0.15, -0.1) is 0 Å². The van der Waals surface area contributed by atoms with E-state index in [1.54, 1.807) is 18.1 Å². The van der Waals surface area contributed by atoms with Crippen molar-refractivity contribution >= 4 is 15.9 Å². The Bertz CT molecular complexity index is 423. The van der Waals surface area contributed by atoms with Crippen molar-refractivity contribution < 1.29 is 14.7 Å². The largest absolute Gasteiger partial charge is 0.504 e. The van der Waals surface area contributed by atoms with E-state index < -0.39 is 0 Å². The molecule has 0 aliphatic carbocycles. The Morgan fingerprint density at radius 2 is 2.28 bits per heavy atom. The van der Waals surface area contributed by atoms with Crippen LogP contribution in [0.2, 0.25) is 0 Å². The van der Waals surface area contributed by atoms with Crippen LogP contribution in [-0.2, 0) is 6.54 Å². The Balaban J connectivity index is 2.15. The van der Waals surface area contributed by atoms with Crippen LogP contribution in [0, 0.1) is 5.92 Å². The molecule has 18 heavy (non-hydrogen) atoms. The molecule has 0 spiro atoms. The van der Waals surface area contributed by atoms with Crippen molar-refractivity contribution in [3.8, 4) is 11.5 Å². The highest BCUT2D eigenvalue weighted by Crippen LogP contribution is 2.33. The van der Waals surface area contributed by atoms with Gasteiger partial charge in [-0.3, -0.25) is 0 Å². The van der Waals surface area contributed by atoms with Gasteiger partial charge in [0, 0.05) is 10.4 Å². The summed E-state index contributed by atoms with van der Waals surface area (Å²) < 4.78 is 6.14. The zero-order chi connectivity index (χ0) is 13.1. The molecule has 2 atom stereocenters. The number of aromatic hydroxyl groups is 1. The number of benzene rings is 1. The summed E-state index contributed by atoms with van der Waals surface area (Å²) in [6.45, 7) is 5.55. The Morgan fingerprint density at radius 3 is 2.94 bits per heavy atom. The van der Waals surface area contributed by atoms with E-state index >= 15 is 0 Å². The molecule has 2 rings (SSSR count). The summed E-state index contributed by atoms with van der Waals surface area (Å²) >= 11 is 3.46. The number of hydrogen-bond acceptors (Lipinski definition) is 2. The van der Waals surface area contributed by atoms with Gasteiger partial charge in [0.25, 0.3) is 0 Å². The van der Waals surface area contributed by atoms with Gasteiger partial charge >= 0.3 is 0 Å². The molecule has 0 radical (unpaired) electrons. The molecule has 1 fully saturated rings. The van der Waals surface area contributed by atoms with Crippen molar-refractivity contribution in [2.45, 2.75) is 26.3 Å². The third kappa shape index (κ3) is 3.18. The molecule has 0 aromatic heterocycles. The minimum atomic E-state index is 0.284. The summed E-state index contributed by atoms with van der Waals surface area (Å²) in [6.07, 6.45) is 2.61. The second-order valence-corrected chi connectivity index (χ2v) is 6.16. The minimum Gasteiger partial charge on any atom is -0.504 e.